The van der Waals surface area contributed by atoms with Crippen LogP contribution in [-0.4, -0.2) is 41.3 Å². The first-order chi connectivity index (χ1) is 8.16. The van der Waals surface area contributed by atoms with Gasteiger partial charge in [0.2, 0.25) is 0 Å². The molecule has 17 heavy (non-hydrogen) atoms. The number of aliphatic hydroxyl groups excluding tert-OH is 1. The first kappa shape index (κ1) is 12.7. The third-order valence-electron chi connectivity index (χ3n) is 3.98. The first-order valence-electron chi connectivity index (χ1n) is 6.90. The van der Waals surface area contributed by atoms with Crippen LogP contribution in [0.5, 0.6) is 0 Å². The molecule has 1 saturated heterocycles. The summed E-state index contributed by atoms with van der Waals surface area (Å²) in [6.45, 7) is 3.91. The van der Waals surface area contributed by atoms with Gasteiger partial charge in [-0.05, 0) is 31.6 Å². The number of aliphatic hydroxyl groups is 1. The van der Waals surface area contributed by atoms with Crippen molar-refractivity contribution >= 4 is 6.03 Å². The molecule has 3 atom stereocenters. The minimum absolute atomic E-state index is 0.0162. The van der Waals surface area contributed by atoms with Crippen LogP contribution in [-0.2, 0) is 0 Å². The molecule has 0 aromatic carbocycles. The van der Waals surface area contributed by atoms with Gasteiger partial charge >= 0.3 is 6.03 Å². The molecule has 2 fully saturated rings. The molecule has 1 unspecified atom stereocenters. The van der Waals surface area contributed by atoms with Crippen molar-refractivity contribution in [3.63, 3.8) is 0 Å². The van der Waals surface area contributed by atoms with Crippen molar-refractivity contribution in [2.24, 2.45) is 5.92 Å². The molecule has 0 aromatic heterocycles. The van der Waals surface area contributed by atoms with Crippen LogP contribution in [0.4, 0.5) is 4.79 Å². The largest absolute Gasteiger partial charge is 0.391 e. The summed E-state index contributed by atoms with van der Waals surface area (Å²) in [5.41, 5.74) is 0. The minimum Gasteiger partial charge on any atom is -0.391 e. The number of carbonyl (C=O) groups is 1. The molecule has 2 amide bonds. The molecule has 2 N–H and O–H groups in total. The fraction of sp³-hybridized carbons (Fsp3) is 0.923. The van der Waals surface area contributed by atoms with Gasteiger partial charge in [0.15, 0.2) is 0 Å². The molecule has 2 aliphatic rings. The minimum atomic E-state index is -0.352. The molecular weight excluding hydrogens is 216 g/mol. The van der Waals surface area contributed by atoms with E-state index in [4.69, 9.17) is 0 Å². The van der Waals surface area contributed by atoms with Crippen molar-refractivity contribution in [1.82, 2.24) is 10.2 Å². The Morgan fingerprint density at radius 3 is 2.71 bits per heavy atom. The summed E-state index contributed by atoms with van der Waals surface area (Å²) in [5.74, 6) is 0.603. The van der Waals surface area contributed by atoms with Gasteiger partial charge in [0.1, 0.15) is 0 Å². The van der Waals surface area contributed by atoms with Gasteiger partial charge in [-0.1, -0.05) is 19.8 Å². The van der Waals surface area contributed by atoms with Crippen LogP contribution < -0.4 is 5.32 Å². The van der Waals surface area contributed by atoms with Gasteiger partial charge in [0.25, 0.3) is 0 Å². The van der Waals surface area contributed by atoms with Crippen molar-refractivity contribution in [1.29, 1.82) is 0 Å². The lowest BCUT2D eigenvalue weighted by Gasteiger charge is -2.34. The third kappa shape index (κ3) is 3.35. The Morgan fingerprint density at radius 2 is 2.00 bits per heavy atom. The van der Waals surface area contributed by atoms with Gasteiger partial charge in [0, 0.05) is 13.1 Å². The summed E-state index contributed by atoms with van der Waals surface area (Å²) in [6.07, 6.45) is 5.89. The Balaban J connectivity index is 1.83. The molecule has 0 aromatic rings. The molecule has 0 bridgehead atoms. The summed E-state index contributed by atoms with van der Waals surface area (Å²) in [6, 6.07) is -0.0176. The predicted molar refractivity (Wildman–Crippen MR) is 66.8 cm³/mol. The number of piperidine rings is 1. The highest BCUT2D eigenvalue weighted by Gasteiger charge is 2.27. The zero-order valence-corrected chi connectivity index (χ0v) is 10.7. The van der Waals surface area contributed by atoms with E-state index in [-0.39, 0.29) is 18.2 Å². The molecule has 2 rings (SSSR count). The number of nitrogens with one attached hydrogen (secondary N) is 1. The fourth-order valence-electron chi connectivity index (χ4n) is 2.90. The lowest BCUT2D eigenvalue weighted by atomic mass is 9.92. The summed E-state index contributed by atoms with van der Waals surface area (Å²) < 4.78 is 0. The Hall–Kier alpha value is -0.770. The lowest BCUT2D eigenvalue weighted by Crippen LogP contribution is -2.52. The van der Waals surface area contributed by atoms with Crippen molar-refractivity contribution < 1.29 is 9.90 Å². The zero-order valence-electron chi connectivity index (χ0n) is 10.7. The Labute approximate surface area is 103 Å². The lowest BCUT2D eigenvalue weighted by molar-refractivity contribution is 0.0873. The van der Waals surface area contributed by atoms with Gasteiger partial charge in [-0.2, -0.15) is 0 Å². The summed E-state index contributed by atoms with van der Waals surface area (Å²) in [4.78, 5) is 14.0. The second kappa shape index (κ2) is 5.71. The van der Waals surface area contributed by atoms with E-state index in [1.54, 1.807) is 0 Å². The average molecular weight is 240 g/mol. The standard InChI is InChI=1S/C13H24N2O2/c1-10-5-4-8-15(9-10)13(17)14-11-6-2-3-7-12(11)16/h10-12,16H,2-9H2,1H3,(H,14,17)/t10?,11-,12-/m1/s1. The van der Waals surface area contributed by atoms with Crippen LogP contribution in [0.3, 0.4) is 0 Å². The molecule has 1 saturated carbocycles. The number of urea groups is 1. The first-order valence-corrected chi connectivity index (χ1v) is 6.90. The summed E-state index contributed by atoms with van der Waals surface area (Å²) in [7, 11) is 0. The molecule has 4 nitrogen and oxygen atoms in total. The van der Waals surface area contributed by atoms with Crippen LogP contribution in [0, 0.1) is 5.92 Å². The number of amides is 2. The normalized spacial score (nSPS) is 34.5. The van der Waals surface area contributed by atoms with E-state index in [9.17, 15) is 9.90 Å². The number of carbonyl (C=O) groups excluding carboxylic acids is 1. The highest BCUT2D eigenvalue weighted by Crippen LogP contribution is 2.20. The second-order valence-corrected chi connectivity index (χ2v) is 5.60. The van der Waals surface area contributed by atoms with E-state index in [1.165, 1.54) is 6.42 Å². The zero-order chi connectivity index (χ0) is 12.3. The van der Waals surface area contributed by atoms with Gasteiger partial charge < -0.3 is 15.3 Å². The molecular formula is C13H24N2O2. The SMILES string of the molecule is CC1CCCN(C(=O)N[C@@H]2CCCC[C@H]2O)C1. The van der Waals surface area contributed by atoms with Gasteiger partial charge in [-0.3, -0.25) is 0 Å². The van der Waals surface area contributed by atoms with Crippen molar-refractivity contribution in [3.8, 4) is 0 Å². The van der Waals surface area contributed by atoms with E-state index in [1.807, 2.05) is 4.90 Å². The molecule has 1 heterocycles. The fourth-order valence-corrected chi connectivity index (χ4v) is 2.90. The Bertz CT molecular complexity index is 270. The average Bonchev–Trinajstić information content (AvgIpc) is 2.32. The summed E-state index contributed by atoms with van der Waals surface area (Å²) >= 11 is 0. The van der Waals surface area contributed by atoms with Crippen molar-refractivity contribution in [3.05, 3.63) is 0 Å². The van der Waals surface area contributed by atoms with Crippen LogP contribution >= 0.6 is 0 Å². The molecule has 0 radical (unpaired) electrons. The number of rotatable bonds is 1. The molecule has 1 aliphatic carbocycles. The van der Waals surface area contributed by atoms with E-state index in [2.05, 4.69) is 12.2 Å². The van der Waals surface area contributed by atoms with Gasteiger partial charge in [0.05, 0.1) is 12.1 Å². The van der Waals surface area contributed by atoms with E-state index in [0.29, 0.717) is 5.92 Å². The Kier molecular flexibility index (Phi) is 4.26. The third-order valence-corrected chi connectivity index (χ3v) is 3.98. The van der Waals surface area contributed by atoms with Crippen LogP contribution in [0.15, 0.2) is 0 Å². The van der Waals surface area contributed by atoms with Crippen molar-refractivity contribution in [2.45, 2.75) is 57.6 Å². The number of nitrogens with zero attached hydrogens (tertiary/aromatic N) is 1. The topological polar surface area (TPSA) is 52.6 Å². The number of hydrogen-bond donors (Lipinski definition) is 2. The molecule has 4 heteroatoms. The van der Waals surface area contributed by atoms with Crippen molar-refractivity contribution in [2.75, 3.05) is 13.1 Å². The molecule has 0 spiro atoms. The highest BCUT2D eigenvalue weighted by atomic mass is 16.3. The second-order valence-electron chi connectivity index (χ2n) is 5.60. The smallest absolute Gasteiger partial charge is 0.317 e. The van der Waals surface area contributed by atoms with Crippen LogP contribution in [0.2, 0.25) is 0 Å². The summed E-state index contributed by atoms with van der Waals surface area (Å²) in [5, 5.41) is 12.8. The highest BCUT2D eigenvalue weighted by molar-refractivity contribution is 5.74. The van der Waals surface area contributed by atoms with E-state index in [0.717, 1.165) is 45.2 Å². The molecule has 98 valence electrons. The quantitative estimate of drug-likeness (QED) is 0.733. The predicted octanol–water partition coefficient (Wildman–Crippen LogP) is 1.73. The number of likely N-dealkylation sites (tertiary alicyclic amines) is 1. The van der Waals surface area contributed by atoms with Crippen LogP contribution in [0.25, 0.3) is 0 Å². The van der Waals surface area contributed by atoms with E-state index >= 15 is 0 Å². The Morgan fingerprint density at radius 1 is 1.24 bits per heavy atom. The maximum Gasteiger partial charge on any atom is 0.317 e. The van der Waals surface area contributed by atoms with E-state index < -0.39 is 0 Å². The number of hydrogen-bond acceptors (Lipinski definition) is 2. The maximum absolute atomic E-state index is 12.1. The monoisotopic (exact) mass is 240 g/mol. The molecule has 1 aliphatic heterocycles. The maximum atomic E-state index is 12.1. The van der Waals surface area contributed by atoms with Gasteiger partial charge in [-0.25, -0.2) is 4.79 Å². The van der Waals surface area contributed by atoms with Crippen LogP contribution in [0.1, 0.15) is 45.4 Å². The van der Waals surface area contributed by atoms with Gasteiger partial charge in [-0.15, -0.1) is 0 Å².